The molecule has 6 heteroatoms. The third-order valence-electron chi connectivity index (χ3n) is 3.88. The van der Waals surface area contributed by atoms with Crippen molar-refractivity contribution in [2.24, 2.45) is 0 Å². The minimum Gasteiger partial charge on any atom is -0.325 e. The molecule has 2 aromatic rings. The van der Waals surface area contributed by atoms with Gasteiger partial charge < -0.3 is 5.32 Å². The Labute approximate surface area is 135 Å². The fourth-order valence-corrected chi connectivity index (χ4v) is 3.89. The van der Waals surface area contributed by atoms with Gasteiger partial charge in [0.15, 0.2) is 0 Å². The highest BCUT2D eigenvalue weighted by Gasteiger charge is 2.26. The van der Waals surface area contributed by atoms with Crippen molar-refractivity contribution in [3.63, 3.8) is 0 Å². The van der Waals surface area contributed by atoms with Crippen molar-refractivity contribution in [2.75, 3.05) is 10.0 Å². The highest BCUT2D eigenvalue weighted by molar-refractivity contribution is 7.91. The van der Waals surface area contributed by atoms with E-state index in [1.807, 2.05) is 25.1 Å². The number of nitrogens with one attached hydrogen (secondary N) is 2. The van der Waals surface area contributed by atoms with Gasteiger partial charge in [-0.1, -0.05) is 29.8 Å². The molecular weight excluding hydrogens is 312 g/mol. The van der Waals surface area contributed by atoms with Crippen LogP contribution in [0.25, 0.3) is 0 Å². The van der Waals surface area contributed by atoms with Gasteiger partial charge in [-0.05, 0) is 43.2 Å². The molecule has 1 unspecified atom stereocenters. The molecule has 5 nitrogen and oxygen atoms in total. The fraction of sp³-hybridized carbons (Fsp3) is 0.235. The topological polar surface area (TPSA) is 75.3 Å². The molecule has 0 aromatic heterocycles. The quantitative estimate of drug-likeness (QED) is 0.905. The van der Waals surface area contributed by atoms with Crippen molar-refractivity contribution >= 4 is 27.3 Å². The van der Waals surface area contributed by atoms with Crippen LogP contribution in [0.2, 0.25) is 0 Å². The maximum atomic E-state index is 12.3. The molecule has 2 N–H and O–H groups in total. The van der Waals surface area contributed by atoms with Gasteiger partial charge in [-0.25, -0.2) is 8.42 Å². The van der Waals surface area contributed by atoms with E-state index in [1.54, 1.807) is 31.2 Å². The summed E-state index contributed by atoms with van der Waals surface area (Å²) < 4.78 is 27.3. The van der Waals surface area contributed by atoms with Crippen LogP contribution in [0.5, 0.6) is 0 Å². The van der Waals surface area contributed by atoms with Crippen LogP contribution >= 0.6 is 0 Å². The average Bonchev–Trinajstić information content (AvgIpc) is 2.73. The molecule has 1 amide bonds. The second kappa shape index (κ2) is 5.70. The summed E-state index contributed by atoms with van der Waals surface area (Å²) in [6.07, 6.45) is 0. The van der Waals surface area contributed by atoms with Crippen molar-refractivity contribution in [3.05, 3.63) is 59.2 Å². The van der Waals surface area contributed by atoms with Gasteiger partial charge in [0, 0.05) is 11.4 Å². The van der Waals surface area contributed by atoms with Crippen LogP contribution in [-0.2, 0) is 20.6 Å². The number of carbonyl (C=O) groups is 1. The Hall–Kier alpha value is -2.34. The first-order valence-electron chi connectivity index (χ1n) is 7.35. The SMILES string of the molecule is Cc1cccc(CS(=O)(=O)Nc2ccc3c(c2)C(C)C(=O)N3)c1. The number of hydrogen-bond donors (Lipinski definition) is 2. The zero-order chi connectivity index (χ0) is 16.6. The van der Waals surface area contributed by atoms with Crippen LogP contribution in [0.4, 0.5) is 11.4 Å². The zero-order valence-electron chi connectivity index (χ0n) is 13.0. The van der Waals surface area contributed by atoms with Gasteiger partial charge >= 0.3 is 0 Å². The Balaban J connectivity index is 1.80. The number of hydrogen-bond acceptors (Lipinski definition) is 3. The van der Waals surface area contributed by atoms with Gasteiger partial charge in [0.25, 0.3) is 0 Å². The molecule has 1 heterocycles. The fourth-order valence-electron chi connectivity index (χ4n) is 2.72. The molecule has 0 fully saturated rings. The number of anilines is 2. The first kappa shape index (κ1) is 15.6. The third kappa shape index (κ3) is 3.37. The molecule has 1 atom stereocenters. The van der Waals surface area contributed by atoms with Gasteiger partial charge in [0.05, 0.1) is 11.7 Å². The van der Waals surface area contributed by atoms with Crippen LogP contribution in [0, 0.1) is 6.92 Å². The van der Waals surface area contributed by atoms with Gasteiger partial charge in [-0.3, -0.25) is 9.52 Å². The number of aryl methyl sites for hydroxylation is 1. The Morgan fingerprint density at radius 1 is 1.17 bits per heavy atom. The van der Waals surface area contributed by atoms with Crippen LogP contribution in [0.1, 0.15) is 29.5 Å². The Bertz CT molecular complexity index is 875. The Morgan fingerprint density at radius 3 is 2.70 bits per heavy atom. The number of sulfonamides is 1. The molecule has 1 aliphatic rings. The molecule has 2 aromatic carbocycles. The summed E-state index contributed by atoms with van der Waals surface area (Å²) in [5.74, 6) is -0.426. The smallest absolute Gasteiger partial charge is 0.236 e. The van der Waals surface area contributed by atoms with Crippen molar-refractivity contribution in [2.45, 2.75) is 25.5 Å². The van der Waals surface area contributed by atoms with Crippen molar-refractivity contribution in [1.82, 2.24) is 0 Å². The van der Waals surface area contributed by atoms with Crippen molar-refractivity contribution in [1.29, 1.82) is 0 Å². The third-order valence-corrected chi connectivity index (χ3v) is 5.14. The molecule has 0 bridgehead atoms. The van der Waals surface area contributed by atoms with E-state index in [0.29, 0.717) is 5.69 Å². The molecule has 23 heavy (non-hydrogen) atoms. The summed E-state index contributed by atoms with van der Waals surface area (Å²) in [6.45, 7) is 3.72. The minimum atomic E-state index is -3.51. The van der Waals surface area contributed by atoms with Crippen LogP contribution in [-0.4, -0.2) is 14.3 Å². The molecule has 0 saturated carbocycles. The van der Waals surface area contributed by atoms with E-state index < -0.39 is 10.0 Å². The van der Waals surface area contributed by atoms with E-state index in [9.17, 15) is 13.2 Å². The van der Waals surface area contributed by atoms with E-state index in [2.05, 4.69) is 10.0 Å². The predicted octanol–water partition coefficient (Wildman–Crippen LogP) is 2.99. The van der Waals surface area contributed by atoms with Gasteiger partial charge in [-0.2, -0.15) is 0 Å². The van der Waals surface area contributed by atoms with E-state index in [1.165, 1.54) is 0 Å². The Morgan fingerprint density at radius 2 is 1.96 bits per heavy atom. The lowest BCUT2D eigenvalue weighted by molar-refractivity contribution is -0.116. The molecule has 0 spiro atoms. The van der Waals surface area contributed by atoms with Gasteiger partial charge in [-0.15, -0.1) is 0 Å². The normalized spacial score (nSPS) is 16.8. The monoisotopic (exact) mass is 330 g/mol. The molecule has 0 radical (unpaired) electrons. The van der Waals surface area contributed by atoms with Crippen LogP contribution in [0.3, 0.4) is 0 Å². The molecule has 0 aliphatic carbocycles. The highest BCUT2D eigenvalue weighted by Crippen LogP contribution is 2.34. The lowest BCUT2D eigenvalue weighted by Crippen LogP contribution is -2.15. The van der Waals surface area contributed by atoms with Crippen LogP contribution < -0.4 is 10.0 Å². The standard InChI is InChI=1S/C17H18N2O3S/c1-11-4-3-5-13(8-11)10-23(21,22)19-14-6-7-16-15(9-14)12(2)17(20)18-16/h3-9,12,19H,10H2,1-2H3,(H,18,20). The summed E-state index contributed by atoms with van der Waals surface area (Å²) >= 11 is 0. The largest absolute Gasteiger partial charge is 0.325 e. The molecular formula is C17H18N2O3S. The van der Waals surface area contributed by atoms with Crippen molar-refractivity contribution < 1.29 is 13.2 Å². The number of benzene rings is 2. The van der Waals surface area contributed by atoms with Gasteiger partial charge in [0.1, 0.15) is 0 Å². The number of amides is 1. The molecule has 1 aliphatic heterocycles. The summed E-state index contributed by atoms with van der Waals surface area (Å²) in [7, 11) is -3.51. The Kier molecular flexibility index (Phi) is 3.85. The highest BCUT2D eigenvalue weighted by atomic mass is 32.2. The number of fused-ring (bicyclic) bond motifs is 1. The van der Waals surface area contributed by atoms with E-state index in [4.69, 9.17) is 0 Å². The maximum absolute atomic E-state index is 12.3. The van der Waals surface area contributed by atoms with E-state index in [0.717, 1.165) is 22.4 Å². The minimum absolute atomic E-state index is 0.0697. The van der Waals surface area contributed by atoms with Gasteiger partial charge in [0.2, 0.25) is 15.9 Å². The predicted molar refractivity (Wildman–Crippen MR) is 90.9 cm³/mol. The summed E-state index contributed by atoms with van der Waals surface area (Å²) in [6, 6.07) is 12.5. The summed E-state index contributed by atoms with van der Waals surface area (Å²) in [5.41, 5.74) is 3.78. The van der Waals surface area contributed by atoms with E-state index >= 15 is 0 Å². The van der Waals surface area contributed by atoms with Crippen molar-refractivity contribution in [3.8, 4) is 0 Å². The molecule has 3 rings (SSSR count). The first-order valence-corrected chi connectivity index (χ1v) is 9.00. The zero-order valence-corrected chi connectivity index (χ0v) is 13.8. The second-order valence-electron chi connectivity index (χ2n) is 5.86. The summed E-state index contributed by atoms with van der Waals surface area (Å²) in [4.78, 5) is 11.7. The lowest BCUT2D eigenvalue weighted by atomic mass is 10.0. The molecule has 0 saturated heterocycles. The van der Waals surface area contributed by atoms with E-state index in [-0.39, 0.29) is 17.6 Å². The van der Waals surface area contributed by atoms with Crippen LogP contribution in [0.15, 0.2) is 42.5 Å². The first-order chi connectivity index (χ1) is 10.8. The lowest BCUT2D eigenvalue weighted by Gasteiger charge is -2.10. The second-order valence-corrected chi connectivity index (χ2v) is 7.59. The summed E-state index contributed by atoms with van der Waals surface area (Å²) in [5, 5.41) is 2.77. The number of rotatable bonds is 4. The average molecular weight is 330 g/mol. The molecule has 120 valence electrons. The number of carbonyl (C=O) groups excluding carboxylic acids is 1. The maximum Gasteiger partial charge on any atom is 0.236 e.